The fourth-order valence-corrected chi connectivity index (χ4v) is 8.55. The third-order valence-electron chi connectivity index (χ3n) is 10.1. The van der Waals surface area contributed by atoms with Crippen LogP contribution in [0.4, 0.5) is 36.6 Å². The van der Waals surface area contributed by atoms with Crippen molar-refractivity contribution in [2.45, 2.75) is 89.9 Å². The molecule has 280 valence electrons. The number of halogens is 6. The summed E-state index contributed by atoms with van der Waals surface area (Å²) < 4.78 is 61.6. The first-order valence-corrected chi connectivity index (χ1v) is 20.5. The van der Waals surface area contributed by atoms with E-state index in [1.807, 2.05) is 11.8 Å². The van der Waals surface area contributed by atoms with E-state index < -0.39 is 7.81 Å². The van der Waals surface area contributed by atoms with Gasteiger partial charge in [0.25, 0.3) is 0 Å². The molecule has 0 spiro atoms. The third-order valence-corrected chi connectivity index (χ3v) is 11.3. The Morgan fingerprint density at radius 1 is 0.788 bits per heavy atom. The van der Waals surface area contributed by atoms with Gasteiger partial charge in [0, 0.05) is 50.9 Å². The van der Waals surface area contributed by atoms with Crippen LogP contribution < -0.4 is 4.90 Å². The molecule has 0 amide bonds. The Bertz CT molecular complexity index is 2010. The van der Waals surface area contributed by atoms with Crippen molar-refractivity contribution in [3.8, 4) is 0 Å². The summed E-state index contributed by atoms with van der Waals surface area (Å²) >= 11 is 1.92. The Hall–Kier alpha value is -3.55. The van der Waals surface area contributed by atoms with Crippen molar-refractivity contribution in [2.75, 3.05) is 18.5 Å². The van der Waals surface area contributed by atoms with Crippen LogP contribution in [0.5, 0.6) is 0 Å². The zero-order chi connectivity index (χ0) is 38.3. The number of hydrogen-bond donors (Lipinski definition) is 0. The summed E-state index contributed by atoms with van der Waals surface area (Å²) in [4.78, 5) is 5.29. The molecule has 52 heavy (non-hydrogen) atoms. The van der Waals surface area contributed by atoms with Crippen LogP contribution in [-0.2, 0) is 10.8 Å². The predicted octanol–water partition coefficient (Wildman–Crippen LogP) is 14.5. The molecule has 2 heterocycles. The SMILES string of the molecule is CCCCN1C(=CC=C2CCC(C=CC3=[N+](C)c4ccc(C)cc4C3(C)C)=C2Sc2ccccc2)C(C)(C)c2cc(C)ccc21.F[P-](F)(F)(F)(F)F. The number of anilines is 1. The summed E-state index contributed by atoms with van der Waals surface area (Å²) in [7, 11) is -8.44. The monoisotopic (exact) mass is 758 g/mol. The Balaban J connectivity index is 0.000000679. The van der Waals surface area contributed by atoms with Gasteiger partial charge in [0.1, 0.15) is 7.05 Å². The quantitative estimate of drug-likeness (QED) is 0.128. The van der Waals surface area contributed by atoms with Crippen molar-refractivity contribution in [2.24, 2.45) is 0 Å². The number of aryl methyl sites for hydroxylation is 2. The van der Waals surface area contributed by atoms with Gasteiger partial charge >= 0.3 is 33.0 Å². The molecule has 3 aromatic rings. The Labute approximate surface area is 309 Å². The van der Waals surface area contributed by atoms with E-state index in [-0.39, 0.29) is 10.8 Å². The first kappa shape index (κ1) is 39.7. The predicted molar refractivity (Wildman–Crippen MR) is 209 cm³/mol. The van der Waals surface area contributed by atoms with E-state index in [9.17, 15) is 25.2 Å². The van der Waals surface area contributed by atoms with E-state index in [1.165, 1.54) is 78.8 Å². The number of thioether (sulfide) groups is 1. The molecule has 0 aromatic heterocycles. The topological polar surface area (TPSA) is 6.25 Å². The molecule has 0 unspecified atom stereocenters. The first-order chi connectivity index (χ1) is 24.0. The van der Waals surface area contributed by atoms with Gasteiger partial charge < -0.3 is 4.90 Å². The van der Waals surface area contributed by atoms with Gasteiger partial charge in [0.15, 0.2) is 5.71 Å². The molecule has 0 atom stereocenters. The summed E-state index contributed by atoms with van der Waals surface area (Å²) in [6.07, 6.45) is 14.2. The summed E-state index contributed by atoms with van der Waals surface area (Å²) in [5.41, 5.74) is 13.8. The first-order valence-electron chi connectivity index (χ1n) is 17.7. The summed E-state index contributed by atoms with van der Waals surface area (Å²) in [5.74, 6) is 0. The van der Waals surface area contributed by atoms with Crippen LogP contribution in [0.15, 0.2) is 118 Å². The van der Waals surface area contributed by atoms with Crippen LogP contribution in [0.2, 0.25) is 0 Å². The molecule has 0 bridgehead atoms. The van der Waals surface area contributed by atoms with Crippen LogP contribution in [0.1, 0.15) is 82.6 Å². The van der Waals surface area contributed by atoms with Gasteiger partial charge in [-0.05, 0) is 94.0 Å². The molecule has 0 radical (unpaired) electrons. The number of allylic oxidation sites excluding steroid dienone is 7. The van der Waals surface area contributed by atoms with E-state index in [4.69, 9.17) is 0 Å². The average Bonchev–Trinajstić information content (AvgIpc) is 3.57. The number of benzene rings is 3. The van der Waals surface area contributed by atoms with Crippen molar-refractivity contribution in [3.05, 3.63) is 135 Å². The van der Waals surface area contributed by atoms with Crippen LogP contribution in [0.25, 0.3) is 0 Å². The van der Waals surface area contributed by atoms with E-state index in [0.29, 0.717) is 0 Å². The molecule has 6 rings (SSSR count). The molecule has 3 aliphatic rings. The number of hydrogen-bond acceptors (Lipinski definition) is 2. The van der Waals surface area contributed by atoms with Gasteiger partial charge in [-0.2, -0.15) is 4.58 Å². The van der Waals surface area contributed by atoms with E-state index in [0.717, 1.165) is 19.4 Å². The zero-order valence-corrected chi connectivity index (χ0v) is 32.9. The van der Waals surface area contributed by atoms with E-state index >= 15 is 0 Å². The third kappa shape index (κ3) is 9.32. The molecule has 0 saturated heterocycles. The second-order valence-corrected chi connectivity index (χ2v) is 18.0. The van der Waals surface area contributed by atoms with Gasteiger partial charge in [-0.25, -0.2) is 0 Å². The van der Waals surface area contributed by atoms with Crippen LogP contribution in [0.3, 0.4) is 0 Å². The van der Waals surface area contributed by atoms with Crippen LogP contribution >= 0.6 is 19.6 Å². The molecular formula is C42H49F6N2PS. The standard InChI is InChI=1S/C42H49N2S.F6P/c1-9-10-26-44-37-23-17-30(3)28-35(37)42(6,7)39(44)25-21-32-19-18-31(40(32)45-33-14-12-11-13-15-33)20-24-38-41(4,5)34-27-29(2)16-22-36(34)43(38)8;1-7(2,3,4,5)6/h11-17,20-25,27-28H,9-10,18-19,26H2,1-8H3;/q+1;-1. The van der Waals surface area contributed by atoms with Crippen molar-refractivity contribution in [1.29, 1.82) is 0 Å². The van der Waals surface area contributed by atoms with Gasteiger partial charge in [-0.3, -0.25) is 0 Å². The minimum atomic E-state index is -10.7. The Kier molecular flexibility index (Phi) is 10.4. The molecule has 0 fully saturated rings. The van der Waals surface area contributed by atoms with Gasteiger partial charge in [-0.15, -0.1) is 0 Å². The summed E-state index contributed by atoms with van der Waals surface area (Å²) in [6.45, 7) is 17.3. The van der Waals surface area contributed by atoms with E-state index in [2.05, 4.69) is 156 Å². The maximum atomic E-state index is 9.87. The van der Waals surface area contributed by atoms with E-state index in [1.54, 1.807) is 0 Å². The normalized spacial score (nSPS) is 20.7. The fourth-order valence-electron chi connectivity index (χ4n) is 7.41. The summed E-state index contributed by atoms with van der Waals surface area (Å²) in [5, 5.41) is 0. The number of nitrogens with zero attached hydrogens (tertiary/aromatic N) is 2. The van der Waals surface area contributed by atoms with Crippen molar-refractivity contribution in [3.63, 3.8) is 0 Å². The molecular weight excluding hydrogens is 710 g/mol. The van der Waals surface area contributed by atoms with Crippen molar-refractivity contribution >= 4 is 36.7 Å². The van der Waals surface area contributed by atoms with Gasteiger partial charge in [0.05, 0.1) is 5.41 Å². The molecule has 3 aromatic carbocycles. The van der Waals surface area contributed by atoms with Gasteiger partial charge in [0.2, 0.25) is 5.69 Å². The van der Waals surface area contributed by atoms with Crippen molar-refractivity contribution < 1.29 is 29.8 Å². The molecule has 1 aliphatic carbocycles. The van der Waals surface area contributed by atoms with Crippen LogP contribution in [-0.4, -0.2) is 23.9 Å². The molecule has 2 nitrogen and oxygen atoms in total. The number of unbranched alkanes of at least 4 members (excludes halogenated alkanes) is 1. The van der Waals surface area contributed by atoms with Gasteiger partial charge in [-0.1, -0.05) is 98.6 Å². The second kappa shape index (κ2) is 13.7. The van der Waals surface area contributed by atoms with Crippen molar-refractivity contribution in [1.82, 2.24) is 0 Å². The minimum absolute atomic E-state index is 0.0351. The average molecular weight is 759 g/mol. The summed E-state index contributed by atoms with van der Waals surface area (Å²) in [6, 6.07) is 24.7. The Morgan fingerprint density at radius 2 is 1.40 bits per heavy atom. The zero-order valence-electron chi connectivity index (χ0n) is 31.2. The molecule has 10 heteroatoms. The van der Waals surface area contributed by atoms with Crippen LogP contribution in [0, 0.1) is 13.8 Å². The molecule has 2 aliphatic heterocycles. The second-order valence-electron chi connectivity index (χ2n) is 15.0. The number of fused-ring (bicyclic) bond motifs is 2. The maximum absolute atomic E-state index is 10.7. The molecule has 0 N–H and O–H groups in total. The molecule has 0 saturated carbocycles. The fraction of sp³-hybridized carbons (Fsp3) is 0.357. The number of rotatable bonds is 8. The Morgan fingerprint density at radius 3 is 2.04 bits per heavy atom.